The third kappa shape index (κ3) is 6.84. The maximum absolute atomic E-state index is 13.2. The van der Waals surface area contributed by atoms with E-state index in [1.807, 2.05) is 6.92 Å². The van der Waals surface area contributed by atoms with Crippen LogP contribution in [0.3, 0.4) is 0 Å². The maximum atomic E-state index is 13.2. The van der Waals surface area contributed by atoms with Gasteiger partial charge in [0.15, 0.2) is 0 Å². The Morgan fingerprint density at radius 1 is 1.16 bits per heavy atom. The van der Waals surface area contributed by atoms with Crippen molar-refractivity contribution in [3.05, 3.63) is 59.1 Å². The second-order valence-electron chi connectivity index (χ2n) is 6.39. The van der Waals surface area contributed by atoms with Gasteiger partial charge in [0.25, 0.3) is 10.0 Å². The maximum Gasteiger partial charge on any atom is 0.416 e. The van der Waals surface area contributed by atoms with E-state index in [2.05, 4.69) is 5.32 Å². The van der Waals surface area contributed by atoms with Crippen molar-refractivity contribution in [2.24, 2.45) is 0 Å². The quantitative estimate of drug-likeness (QED) is 0.522. The highest BCUT2D eigenvalue weighted by molar-refractivity contribution is 7.92. The van der Waals surface area contributed by atoms with Crippen LogP contribution >= 0.6 is 11.6 Å². The first-order valence-corrected chi connectivity index (χ1v) is 11.2. The lowest BCUT2D eigenvalue weighted by Gasteiger charge is -2.25. The molecule has 2 aromatic carbocycles. The zero-order valence-corrected chi connectivity index (χ0v) is 18.2. The minimum Gasteiger partial charge on any atom is -0.382 e. The van der Waals surface area contributed by atoms with Crippen molar-refractivity contribution < 1.29 is 31.1 Å². The number of sulfonamides is 1. The number of ether oxygens (including phenoxy) is 1. The van der Waals surface area contributed by atoms with Crippen LogP contribution in [0.15, 0.2) is 53.4 Å². The van der Waals surface area contributed by atoms with Gasteiger partial charge in [-0.25, -0.2) is 8.42 Å². The summed E-state index contributed by atoms with van der Waals surface area (Å²) in [6.45, 7) is 2.22. The van der Waals surface area contributed by atoms with Crippen LogP contribution in [0.2, 0.25) is 5.02 Å². The summed E-state index contributed by atoms with van der Waals surface area (Å²) in [5.74, 6) is -0.690. The number of alkyl halides is 3. The predicted molar refractivity (Wildman–Crippen MR) is 112 cm³/mol. The third-order valence-corrected chi connectivity index (χ3v) is 6.25. The highest BCUT2D eigenvalue weighted by Crippen LogP contribution is 2.37. The summed E-state index contributed by atoms with van der Waals surface area (Å²) < 4.78 is 71.7. The summed E-state index contributed by atoms with van der Waals surface area (Å²) in [5.41, 5.74) is -1.53. The van der Waals surface area contributed by atoms with Gasteiger partial charge in [0.05, 0.1) is 21.2 Å². The second-order valence-corrected chi connectivity index (χ2v) is 8.66. The molecule has 170 valence electrons. The average Bonchev–Trinajstić information content (AvgIpc) is 2.72. The number of carbonyl (C=O) groups excluding carboxylic acids is 1. The molecule has 11 heteroatoms. The minimum absolute atomic E-state index is 0.187. The first-order valence-electron chi connectivity index (χ1n) is 9.36. The Morgan fingerprint density at radius 3 is 2.45 bits per heavy atom. The Labute approximate surface area is 184 Å². The van der Waals surface area contributed by atoms with Crippen LogP contribution in [-0.2, 0) is 25.7 Å². The van der Waals surface area contributed by atoms with Gasteiger partial charge in [-0.1, -0.05) is 29.8 Å². The Kier molecular flexibility index (Phi) is 8.72. The summed E-state index contributed by atoms with van der Waals surface area (Å²) in [5, 5.41) is 2.30. The zero-order valence-electron chi connectivity index (χ0n) is 16.7. The van der Waals surface area contributed by atoms with Crippen LogP contribution in [-0.4, -0.2) is 40.6 Å². The van der Waals surface area contributed by atoms with Gasteiger partial charge >= 0.3 is 6.18 Å². The molecular formula is C20H22ClF3N2O4S. The van der Waals surface area contributed by atoms with Gasteiger partial charge in [0, 0.05) is 19.8 Å². The zero-order chi connectivity index (χ0) is 23.1. The fourth-order valence-corrected chi connectivity index (χ4v) is 4.35. The van der Waals surface area contributed by atoms with Crippen molar-refractivity contribution in [2.75, 3.05) is 30.6 Å². The molecule has 2 aromatic rings. The lowest BCUT2D eigenvalue weighted by molar-refractivity contribution is -0.137. The molecule has 0 spiro atoms. The lowest BCUT2D eigenvalue weighted by Crippen LogP contribution is -2.41. The molecule has 6 nitrogen and oxygen atoms in total. The van der Waals surface area contributed by atoms with Crippen LogP contribution in [0.1, 0.15) is 18.9 Å². The average molecular weight is 479 g/mol. The van der Waals surface area contributed by atoms with Gasteiger partial charge in [-0.15, -0.1) is 0 Å². The molecule has 0 bridgehead atoms. The molecule has 0 heterocycles. The lowest BCUT2D eigenvalue weighted by atomic mass is 10.2. The standard InChI is InChI=1S/C20H22ClF3N2O4S/c1-2-30-12-6-11-25-19(27)14-26(31(28,29)16-7-4-3-5-8-16)18-13-15(20(22,23)24)9-10-17(18)21/h3-5,7-10,13H,2,6,11-12,14H2,1H3,(H,25,27). The molecule has 0 saturated heterocycles. The summed E-state index contributed by atoms with van der Waals surface area (Å²) in [7, 11) is -4.38. The second kappa shape index (κ2) is 10.8. The van der Waals surface area contributed by atoms with E-state index < -0.39 is 39.9 Å². The molecule has 0 unspecified atom stereocenters. The Hall–Kier alpha value is -2.30. The molecule has 0 aliphatic carbocycles. The van der Waals surface area contributed by atoms with E-state index in [-0.39, 0.29) is 16.5 Å². The molecule has 1 amide bonds. The number of benzene rings is 2. The molecule has 0 radical (unpaired) electrons. The molecule has 0 aliphatic rings. The van der Waals surface area contributed by atoms with Crippen molar-refractivity contribution >= 4 is 33.2 Å². The molecule has 0 saturated carbocycles. The molecular weight excluding hydrogens is 457 g/mol. The summed E-state index contributed by atoms with van der Waals surface area (Å²) in [6, 6.07) is 9.39. The number of hydrogen-bond donors (Lipinski definition) is 1. The highest BCUT2D eigenvalue weighted by Gasteiger charge is 2.34. The topological polar surface area (TPSA) is 75.7 Å². The fourth-order valence-electron chi connectivity index (χ4n) is 2.63. The van der Waals surface area contributed by atoms with Gasteiger partial charge in [0.2, 0.25) is 5.91 Å². The van der Waals surface area contributed by atoms with Gasteiger partial charge in [-0.05, 0) is 43.7 Å². The van der Waals surface area contributed by atoms with Gasteiger partial charge < -0.3 is 10.1 Å². The van der Waals surface area contributed by atoms with Gasteiger partial charge in [-0.3, -0.25) is 9.10 Å². The molecule has 0 atom stereocenters. The van der Waals surface area contributed by atoms with Crippen LogP contribution < -0.4 is 9.62 Å². The van der Waals surface area contributed by atoms with Crippen molar-refractivity contribution in [1.82, 2.24) is 5.32 Å². The number of halogens is 4. The fraction of sp³-hybridized carbons (Fsp3) is 0.350. The first-order chi connectivity index (χ1) is 14.6. The SMILES string of the molecule is CCOCCCNC(=O)CN(c1cc(C(F)(F)F)ccc1Cl)S(=O)(=O)c1ccccc1. The summed E-state index contributed by atoms with van der Waals surface area (Å²) in [6.07, 6.45) is -4.22. The Morgan fingerprint density at radius 2 is 1.84 bits per heavy atom. The number of hydrogen-bond acceptors (Lipinski definition) is 4. The predicted octanol–water partition coefficient (Wildman–Crippen LogP) is 4.10. The molecule has 0 aromatic heterocycles. The molecule has 31 heavy (non-hydrogen) atoms. The van der Waals surface area contributed by atoms with E-state index in [1.54, 1.807) is 6.07 Å². The van der Waals surface area contributed by atoms with E-state index in [9.17, 15) is 26.4 Å². The van der Waals surface area contributed by atoms with E-state index >= 15 is 0 Å². The first kappa shape index (κ1) is 25.0. The Balaban J connectivity index is 2.39. The number of nitrogens with one attached hydrogen (secondary N) is 1. The van der Waals surface area contributed by atoms with Crippen LogP contribution in [0.4, 0.5) is 18.9 Å². The summed E-state index contributed by atoms with van der Waals surface area (Å²) >= 11 is 6.06. The van der Waals surface area contributed by atoms with Crippen molar-refractivity contribution in [1.29, 1.82) is 0 Å². The summed E-state index contributed by atoms with van der Waals surface area (Å²) in [4.78, 5) is 12.2. The van der Waals surface area contributed by atoms with E-state index in [4.69, 9.17) is 16.3 Å². The number of nitrogens with zero attached hydrogens (tertiary/aromatic N) is 1. The highest BCUT2D eigenvalue weighted by atomic mass is 35.5. The van der Waals surface area contributed by atoms with Crippen molar-refractivity contribution in [3.63, 3.8) is 0 Å². The third-order valence-electron chi connectivity index (χ3n) is 4.15. The largest absolute Gasteiger partial charge is 0.416 e. The smallest absolute Gasteiger partial charge is 0.382 e. The van der Waals surface area contributed by atoms with Gasteiger partial charge in [-0.2, -0.15) is 13.2 Å². The number of anilines is 1. The van der Waals surface area contributed by atoms with Crippen molar-refractivity contribution in [3.8, 4) is 0 Å². The van der Waals surface area contributed by atoms with Crippen molar-refractivity contribution in [2.45, 2.75) is 24.4 Å². The molecule has 1 N–H and O–H groups in total. The molecule has 0 aliphatic heterocycles. The normalized spacial score (nSPS) is 11.9. The van der Waals surface area contributed by atoms with Crippen LogP contribution in [0.25, 0.3) is 0 Å². The number of amides is 1. The van der Waals surface area contributed by atoms with Crippen LogP contribution in [0.5, 0.6) is 0 Å². The number of rotatable bonds is 10. The van der Waals surface area contributed by atoms with Crippen LogP contribution in [0, 0.1) is 0 Å². The van der Waals surface area contributed by atoms with E-state index in [0.717, 1.165) is 12.1 Å². The molecule has 2 rings (SSSR count). The minimum atomic E-state index is -4.72. The van der Waals surface area contributed by atoms with E-state index in [0.29, 0.717) is 30.0 Å². The molecule has 0 fully saturated rings. The monoisotopic (exact) mass is 478 g/mol. The van der Waals surface area contributed by atoms with E-state index in [1.165, 1.54) is 24.3 Å². The van der Waals surface area contributed by atoms with Gasteiger partial charge in [0.1, 0.15) is 6.54 Å². The number of carbonyl (C=O) groups is 1. The Bertz CT molecular complexity index is 986.